The lowest BCUT2D eigenvalue weighted by Gasteiger charge is -2.29. The maximum Gasteiger partial charge on any atom is 0.302 e. The van der Waals surface area contributed by atoms with Crippen molar-refractivity contribution in [1.29, 1.82) is 0 Å². The highest BCUT2D eigenvalue weighted by Crippen LogP contribution is 2.36. The molecule has 0 aromatic carbocycles. The molecule has 4 radical (unpaired) electrons. The minimum Gasteiger partial charge on any atom is -0.463 e. The molecule has 19 heavy (non-hydrogen) atoms. The molecule has 2 aliphatic heterocycles. The molecule has 5 heteroatoms. The van der Waals surface area contributed by atoms with Crippen LogP contribution in [0.4, 0.5) is 0 Å². The Bertz CT molecular complexity index is 381. The van der Waals surface area contributed by atoms with Gasteiger partial charge in [-0.05, 0) is 19.8 Å². The number of carbonyl (C=O) groups excluding carboxylic acids is 1. The summed E-state index contributed by atoms with van der Waals surface area (Å²) in [5.41, 5.74) is -0.0533. The van der Waals surface area contributed by atoms with Gasteiger partial charge in [-0.2, -0.15) is 0 Å². The Balaban J connectivity index is 1.77. The normalized spacial score (nSPS) is 30.2. The molecule has 0 bridgehead atoms. The lowest BCUT2D eigenvalue weighted by atomic mass is 10.1. The number of carbonyl (C=O) groups is 1. The first kappa shape index (κ1) is 14.6. The van der Waals surface area contributed by atoms with E-state index >= 15 is 0 Å². The summed E-state index contributed by atoms with van der Waals surface area (Å²) >= 11 is 1.63. The summed E-state index contributed by atoms with van der Waals surface area (Å²) in [5.74, 6) is -0.310. The SMILES string of the molecule is C/C=C/CCC1=N[C@@H]2[C][C][C@H](COC(C)=O)O[C@@H]2S1. The molecule has 2 rings (SSSR count). The summed E-state index contributed by atoms with van der Waals surface area (Å²) in [4.78, 5) is 15.3. The van der Waals surface area contributed by atoms with Crippen molar-refractivity contribution in [3.63, 3.8) is 0 Å². The monoisotopic (exact) mass is 279 g/mol. The molecule has 2 aliphatic rings. The van der Waals surface area contributed by atoms with Crippen molar-refractivity contribution in [2.75, 3.05) is 6.61 Å². The molecule has 102 valence electrons. The largest absolute Gasteiger partial charge is 0.463 e. The van der Waals surface area contributed by atoms with Crippen LogP contribution in [0.3, 0.4) is 0 Å². The highest BCUT2D eigenvalue weighted by Gasteiger charge is 2.37. The molecule has 1 saturated heterocycles. The number of nitrogens with zero attached hydrogens (tertiary/aromatic N) is 1. The minimum absolute atomic E-state index is 0.0533. The van der Waals surface area contributed by atoms with Gasteiger partial charge in [-0.15, -0.1) is 0 Å². The van der Waals surface area contributed by atoms with E-state index in [0.717, 1.165) is 17.9 Å². The number of hydrogen-bond donors (Lipinski definition) is 0. The Labute approximate surface area is 118 Å². The molecule has 0 unspecified atom stereocenters. The van der Waals surface area contributed by atoms with Gasteiger partial charge in [-0.3, -0.25) is 9.79 Å². The molecule has 1 fully saturated rings. The highest BCUT2D eigenvalue weighted by molar-refractivity contribution is 8.14. The van der Waals surface area contributed by atoms with Crippen LogP contribution in [-0.2, 0) is 14.3 Å². The zero-order chi connectivity index (χ0) is 13.7. The van der Waals surface area contributed by atoms with E-state index in [1.54, 1.807) is 11.8 Å². The molecule has 3 atom stereocenters. The molecule has 0 saturated carbocycles. The van der Waals surface area contributed by atoms with E-state index in [1.165, 1.54) is 6.92 Å². The summed E-state index contributed by atoms with van der Waals surface area (Å²) < 4.78 is 10.7. The van der Waals surface area contributed by atoms with E-state index in [-0.39, 0.29) is 30.2 Å². The van der Waals surface area contributed by atoms with Crippen molar-refractivity contribution in [3.8, 4) is 0 Å². The number of thioether (sulfide) groups is 1. The van der Waals surface area contributed by atoms with Gasteiger partial charge in [0.05, 0.1) is 11.1 Å². The van der Waals surface area contributed by atoms with Crippen molar-refractivity contribution in [3.05, 3.63) is 25.0 Å². The molecule has 0 aliphatic carbocycles. The van der Waals surface area contributed by atoms with Crippen molar-refractivity contribution in [2.45, 2.75) is 44.3 Å². The minimum atomic E-state index is -0.331. The predicted octanol–water partition coefficient (Wildman–Crippen LogP) is 2.31. The fourth-order valence-corrected chi connectivity index (χ4v) is 2.92. The van der Waals surface area contributed by atoms with Gasteiger partial charge in [-0.25, -0.2) is 0 Å². The Morgan fingerprint density at radius 1 is 1.58 bits per heavy atom. The zero-order valence-corrected chi connectivity index (χ0v) is 11.9. The highest BCUT2D eigenvalue weighted by atomic mass is 32.2. The van der Waals surface area contributed by atoms with Crippen LogP contribution in [0.25, 0.3) is 0 Å². The number of allylic oxidation sites excluding steroid dienone is 2. The molecule has 0 N–H and O–H groups in total. The molecule has 0 aromatic heterocycles. The third kappa shape index (κ3) is 4.35. The maximum absolute atomic E-state index is 10.8. The maximum atomic E-state index is 10.8. The summed E-state index contributed by atoms with van der Waals surface area (Å²) in [6, 6.07) is -0.0702. The number of ether oxygens (including phenoxy) is 2. The van der Waals surface area contributed by atoms with Crippen molar-refractivity contribution >= 4 is 22.8 Å². The first-order chi connectivity index (χ1) is 9.19. The second kappa shape index (κ2) is 7.10. The first-order valence-corrected chi connectivity index (χ1v) is 7.21. The Morgan fingerprint density at radius 3 is 3.16 bits per heavy atom. The third-order valence-corrected chi connectivity index (χ3v) is 3.87. The number of aliphatic imine (C=N–C) groups is 1. The van der Waals surface area contributed by atoms with Crippen LogP contribution in [0.5, 0.6) is 0 Å². The average molecular weight is 279 g/mol. The van der Waals surface area contributed by atoms with Gasteiger partial charge < -0.3 is 9.47 Å². The molecule has 0 amide bonds. The Hall–Kier alpha value is -0.810. The molecule has 2 heterocycles. The van der Waals surface area contributed by atoms with Crippen LogP contribution in [-0.4, -0.2) is 35.2 Å². The standard InChI is InChI=1S/C14H17NO3S/c1-3-4-5-6-13-15-12-8-7-11(9-17-10(2)16)18-14(12)19-13/h3-4,11-12,14H,5-6,9H2,1-2H3/b4-3+/t11-,12-,14-/m1/s1. The molecular formula is C14H17NO3S. The van der Waals surface area contributed by atoms with Crippen molar-refractivity contribution < 1.29 is 14.3 Å². The quantitative estimate of drug-likeness (QED) is 0.572. The number of esters is 1. The van der Waals surface area contributed by atoms with Gasteiger partial charge in [0, 0.05) is 19.8 Å². The van der Waals surface area contributed by atoms with Gasteiger partial charge in [0.1, 0.15) is 18.1 Å². The molecule has 4 nitrogen and oxygen atoms in total. The lowest BCUT2D eigenvalue weighted by molar-refractivity contribution is -0.145. The van der Waals surface area contributed by atoms with E-state index < -0.39 is 0 Å². The second-order valence-electron chi connectivity index (χ2n) is 4.28. The van der Waals surface area contributed by atoms with Crippen LogP contribution >= 0.6 is 11.8 Å². The Kier molecular flexibility index (Phi) is 5.45. The van der Waals surface area contributed by atoms with Crippen LogP contribution in [0.1, 0.15) is 26.7 Å². The summed E-state index contributed by atoms with van der Waals surface area (Å²) in [6.45, 7) is 3.59. The number of rotatable bonds is 5. The van der Waals surface area contributed by atoms with E-state index in [2.05, 4.69) is 23.9 Å². The van der Waals surface area contributed by atoms with Crippen LogP contribution in [0.15, 0.2) is 17.1 Å². The van der Waals surface area contributed by atoms with Gasteiger partial charge in [0.15, 0.2) is 0 Å². The fourth-order valence-electron chi connectivity index (χ4n) is 1.79. The van der Waals surface area contributed by atoms with E-state index in [1.807, 2.05) is 13.0 Å². The van der Waals surface area contributed by atoms with Gasteiger partial charge in [0.25, 0.3) is 0 Å². The smallest absolute Gasteiger partial charge is 0.302 e. The van der Waals surface area contributed by atoms with Crippen LogP contribution in [0, 0.1) is 12.8 Å². The lowest BCUT2D eigenvalue weighted by Crippen LogP contribution is -2.37. The van der Waals surface area contributed by atoms with Gasteiger partial charge >= 0.3 is 5.97 Å². The topological polar surface area (TPSA) is 47.9 Å². The predicted molar refractivity (Wildman–Crippen MR) is 74.6 cm³/mol. The summed E-state index contributed by atoms with van der Waals surface area (Å²) in [6.07, 6.45) is 11.8. The van der Waals surface area contributed by atoms with Crippen molar-refractivity contribution in [1.82, 2.24) is 0 Å². The van der Waals surface area contributed by atoms with E-state index in [0.29, 0.717) is 0 Å². The summed E-state index contributed by atoms with van der Waals surface area (Å²) in [7, 11) is 0. The van der Waals surface area contributed by atoms with Crippen LogP contribution in [0.2, 0.25) is 0 Å². The second-order valence-corrected chi connectivity index (χ2v) is 5.45. The molecular weight excluding hydrogens is 262 g/mol. The summed E-state index contributed by atoms with van der Waals surface area (Å²) in [5, 5.41) is 1.09. The van der Waals surface area contributed by atoms with Gasteiger partial charge in [-0.1, -0.05) is 23.9 Å². The molecule has 0 spiro atoms. The third-order valence-electron chi connectivity index (χ3n) is 2.68. The number of fused-ring (bicyclic) bond motifs is 1. The van der Waals surface area contributed by atoms with Crippen molar-refractivity contribution in [2.24, 2.45) is 4.99 Å². The van der Waals surface area contributed by atoms with E-state index in [9.17, 15) is 4.79 Å². The van der Waals surface area contributed by atoms with Crippen LogP contribution < -0.4 is 0 Å². The zero-order valence-electron chi connectivity index (χ0n) is 11.1. The first-order valence-electron chi connectivity index (χ1n) is 6.33. The molecule has 0 aromatic rings. The Morgan fingerprint density at radius 2 is 2.42 bits per heavy atom. The number of hydrogen-bond acceptors (Lipinski definition) is 5. The van der Waals surface area contributed by atoms with Gasteiger partial charge in [0.2, 0.25) is 0 Å². The average Bonchev–Trinajstić information content (AvgIpc) is 2.78. The van der Waals surface area contributed by atoms with E-state index in [4.69, 9.17) is 9.47 Å². The fraction of sp³-hybridized carbons (Fsp3) is 0.571.